The number of benzene rings is 3. The van der Waals surface area contributed by atoms with Gasteiger partial charge in [-0.2, -0.15) is 0 Å². The van der Waals surface area contributed by atoms with E-state index in [-0.39, 0.29) is 12.3 Å². The summed E-state index contributed by atoms with van der Waals surface area (Å²) in [7, 11) is 0. The summed E-state index contributed by atoms with van der Waals surface area (Å²) in [5, 5.41) is 5.09. The molecule has 136 valence electrons. The zero-order chi connectivity index (χ0) is 18.9. The third-order valence-corrected chi connectivity index (χ3v) is 5.66. The number of rotatable bonds is 5. The highest BCUT2D eigenvalue weighted by Gasteiger charge is 2.12. The largest absolute Gasteiger partial charge is 0.453 e. The van der Waals surface area contributed by atoms with Gasteiger partial charge in [-0.25, -0.2) is 4.98 Å². The Hall–Kier alpha value is -3.44. The van der Waals surface area contributed by atoms with Gasteiger partial charge in [-0.1, -0.05) is 30.3 Å². The van der Waals surface area contributed by atoms with Gasteiger partial charge in [0.2, 0.25) is 5.78 Å². The summed E-state index contributed by atoms with van der Waals surface area (Å²) in [5.41, 5.74) is 3.69. The van der Waals surface area contributed by atoms with Crippen molar-refractivity contribution in [2.45, 2.75) is 0 Å². The van der Waals surface area contributed by atoms with E-state index in [9.17, 15) is 4.79 Å². The molecule has 0 amide bonds. The Balaban J connectivity index is 1.28. The van der Waals surface area contributed by atoms with Crippen LogP contribution in [0.2, 0.25) is 0 Å². The first-order valence-corrected chi connectivity index (χ1v) is 9.79. The van der Waals surface area contributed by atoms with Crippen LogP contribution in [-0.2, 0) is 0 Å². The lowest BCUT2D eigenvalue weighted by Gasteiger charge is -2.05. The van der Waals surface area contributed by atoms with E-state index in [0.717, 1.165) is 32.7 Å². The molecule has 0 saturated carbocycles. The van der Waals surface area contributed by atoms with Crippen LogP contribution in [0.25, 0.3) is 31.8 Å². The second-order valence-electron chi connectivity index (χ2n) is 6.49. The summed E-state index contributed by atoms with van der Waals surface area (Å²) in [4.78, 5) is 17.1. The normalized spacial score (nSPS) is 11.1. The first kappa shape index (κ1) is 16.7. The van der Waals surface area contributed by atoms with E-state index in [1.165, 1.54) is 4.70 Å². The molecule has 5 heteroatoms. The Morgan fingerprint density at radius 3 is 2.57 bits per heavy atom. The number of ketones is 1. The van der Waals surface area contributed by atoms with Crippen molar-refractivity contribution in [1.29, 1.82) is 0 Å². The van der Waals surface area contributed by atoms with E-state index < -0.39 is 0 Å². The van der Waals surface area contributed by atoms with Gasteiger partial charge in [-0.05, 0) is 48.5 Å². The number of Topliss-reactive ketones (excluding diaryl/α,β-unsaturated/α-hetero) is 1. The minimum Gasteiger partial charge on any atom is -0.453 e. The van der Waals surface area contributed by atoms with Gasteiger partial charge in [-0.15, -0.1) is 11.3 Å². The van der Waals surface area contributed by atoms with Crippen molar-refractivity contribution in [1.82, 2.24) is 4.98 Å². The maximum atomic E-state index is 12.4. The van der Waals surface area contributed by atoms with Gasteiger partial charge in [-0.3, -0.25) is 4.79 Å². The summed E-state index contributed by atoms with van der Waals surface area (Å²) in [6.45, 7) is 0.181. The number of furan rings is 1. The molecular weight excluding hydrogens is 368 g/mol. The number of thiazole rings is 1. The number of hydrogen-bond acceptors (Lipinski definition) is 5. The van der Waals surface area contributed by atoms with E-state index in [1.54, 1.807) is 17.4 Å². The van der Waals surface area contributed by atoms with Crippen molar-refractivity contribution < 1.29 is 9.21 Å². The smallest absolute Gasteiger partial charge is 0.216 e. The molecule has 0 fully saturated rings. The van der Waals surface area contributed by atoms with Gasteiger partial charge < -0.3 is 9.73 Å². The zero-order valence-electron chi connectivity index (χ0n) is 14.9. The number of nitrogens with one attached hydrogen (secondary N) is 1. The van der Waals surface area contributed by atoms with Crippen molar-refractivity contribution >= 4 is 44.0 Å². The van der Waals surface area contributed by atoms with E-state index in [4.69, 9.17) is 4.42 Å². The van der Waals surface area contributed by atoms with Crippen LogP contribution in [0.15, 0.2) is 83.3 Å². The maximum absolute atomic E-state index is 12.4. The van der Waals surface area contributed by atoms with Crippen molar-refractivity contribution in [3.05, 3.63) is 84.6 Å². The molecule has 0 atom stereocenters. The quantitative estimate of drug-likeness (QED) is 0.377. The number of carbonyl (C=O) groups excluding carboxylic acids is 1. The molecule has 0 unspecified atom stereocenters. The van der Waals surface area contributed by atoms with E-state index in [1.807, 2.05) is 66.7 Å². The highest BCUT2D eigenvalue weighted by Crippen LogP contribution is 2.30. The molecule has 5 rings (SSSR count). The molecule has 2 aromatic heterocycles. The first-order chi connectivity index (χ1) is 13.8. The number of para-hydroxylation sites is 2. The Kier molecular flexibility index (Phi) is 4.14. The maximum Gasteiger partial charge on any atom is 0.216 e. The molecular formula is C23H16N2O2S. The topological polar surface area (TPSA) is 55.1 Å². The summed E-state index contributed by atoms with van der Waals surface area (Å²) in [5.74, 6) is 0.297. The average Bonchev–Trinajstić information content (AvgIpc) is 3.36. The minimum absolute atomic E-state index is 0.0774. The summed E-state index contributed by atoms with van der Waals surface area (Å²) < 4.78 is 6.80. The summed E-state index contributed by atoms with van der Waals surface area (Å²) in [6, 6.07) is 25.5. The number of anilines is 1. The predicted octanol–water partition coefficient (Wildman–Crippen LogP) is 6.00. The van der Waals surface area contributed by atoms with Crippen LogP contribution in [0.1, 0.15) is 10.6 Å². The van der Waals surface area contributed by atoms with Crippen LogP contribution >= 0.6 is 11.3 Å². The third-order valence-electron chi connectivity index (χ3n) is 4.58. The molecule has 0 bridgehead atoms. The lowest BCUT2D eigenvalue weighted by atomic mass is 10.2. The molecule has 28 heavy (non-hydrogen) atoms. The zero-order valence-corrected chi connectivity index (χ0v) is 15.7. The first-order valence-electron chi connectivity index (χ1n) is 8.98. The van der Waals surface area contributed by atoms with Crippen molar-refractivity contribution in [3.63, 3.8) is 0 Å². The van der Waals surface area contributed by atoms with E-state index >= 15 is 0 Å². The van der Waals surface area contributed by atoms with Crippen LogP contribution in [0.5, 0.6) is 0 Å². The van der Waals surface area contributed by atoms with Crippen LogP contribution in [-0.4, -0.2) is 17.3 Å². The standard InChI is InChI=1S/C23H16N2O2S/c26-19(21-13-16-5-1-3-7-20(16)27-21)14-24-17-11-9-15(10-12-17)23-25-18-6-2-4-8-22(18)28-23/h1-13,24H,14H2. The number of carbonyl (C=O) groups is 1. The molecule has 0 spiro atoms. The third kappa shape index (κ3) is 3.17. The summed E-state index contributed by atoms with van der Waals surface area (Å²) in [6.07, 6.45) is 0. The van der Waals surface area contributed by atoms with Crippen LogP contribution in [0.4, 0.5) is 5.69 Å². The van der Waals surface area contributed by atoms with Gasteiger partial charge in [0.1, 0.15) is 10.6 Å². The Morgan fingerprint density at radius 2 is 1.75 bits per heavy atom. The Labute approximate surface area is 165 Å². The van der Waals surface area contributed by atoms with Crippen LogP contribution in [0, 0.1) is 0 Å². The van der Waals surface area contributed by atoms with Crippen LogP contribution < -0.4 is 5.32 Å². The molecule has 1 N–H and O–H groups in total. The lowest BCUT2D eigenvalue weighted by Crippen LogP contribution is -2.13. The van der Waals surface area contributed by atoms with Gasteiger partial charge in [0.25, 0.3) is 0 Å². The fourth-order valence-electron chi connectivity index (χ4n) is 3.12. The van der Waals surface area contributed by atoms with Gasteiger partial charge >= 0.3 is 0 Å². The number of hydrogen-bond donors (Lipinski definition) is 1. The second kappa shape index (κ2) is 6.94. The lowest BCUT2D eigenvalue weighted by molar-refractivity contribution is 0.0982. The molecule has 0 radical (unpaired) electrons. The highest BCUT2D eigenvalue weighted by molar-refractivity contribution is 7.21. The van der Waals surface area contributed by atoms with E-state index in [0.29, 0.717) is 5.76 Å². The fourth-order valence-corrected chi connectivity index (χ4v) is 4.09. The molecule has 0 aliphatic carbocycles. The highest BCUT2D eigenvalue weighted by atomic mass is 32.1. The number of nitrogens with zero attached hydrogens (tertiary/aromatic N) is 1. The van der Waals surface area contributed by atoms with Gasteiger partial charge in [0.15, 0.2) is 5.76 Å². The van der Waals surface area contributed by atoms with Crippen molar-refractivity contribution in [2.24, 2.45) is 0 Å². The predicted molar refractivity (Wildman–Crippen MR) is 114 cm³/mol. The van der Waals surface area contributed by atoms with Gasteiger partial charge in [0, 0.05) is 16.6 Å². The molecule has 3 aromatic carbocycles. The summed E-state index contributed by atoms with van der Waals surface area (Å²) >= 11 is 1.68. The van der Waals surface area contributed by atoms with Gasteiger partial charge in [0.05, 0.1) is 16.8 Å². The molecule has 0 aliphatic rings. The number of fused-ring (bicyclic) bond motifs is 2. The van der Waals surface area contributed by atoms with Crippen LogP contribution in [0.3, 0.4) is 0 Å². The van der Waals surface area contributed by atoms with E-state index in [2.05, 4.69) is 16.4 Å². The Bertz CT molecular complexity index is 1220. The average molecular weight is 384 g/mol. The monoisotopic (exact) mass is 384 g/mol. The number of aromatic nitrogens is 1. The Morgan fingerprint density at radius 1 is 0.964 bits per heavy atom. The van der Waals surface area contributed by atoms with Crippen molar-refractivity contribution in [3.8, 4) is 10.6 Å². The minimum atomic E-state index is -0.0774. The molecule has 0 saturated heterocycles. The second-order valence-corrected chi connectivity index (χ2v) is 7.52. The molecule has 4 nitrogen and oxygen atoms in total. The van der Waals surface area contributed by atoms with Crippen molar-refractivity contribution in [2.75, 3.05) is 11.9 Å². The molecule has 0 aliphatic heterocycles. The molecule has 5 aromatic rings. The fraction of sp³-hybridized carbons (Fsp3) is 0.0435. The molecule has 2 heterocycles. The SMILES string of the molecule is O=C(CNc1ccc(-c2nc3ccccc3s2)cc1)c1cc2ccccc2o1.